The number of Topliss-reactive ketones (excluding diaryl/α,β-unsaturated/α-hetero) is 1. The molecule has 1 heterocycles. The van der Waals surface area contributed by atoms with Crippen LogP contribution in [0.5, 0.6) is 0 Å². The van der Waals surface area contributed by atoms with Gasteiger partial charge in [-0.1, -0.05) is 24.3 Å². The van der Waals surface area contributed by atoms with E-state index in [1.165, 1.54) is 0 Å². The summed E-state index contributed by atoms with van der Waals surface area (Å²) in [7, 11) is 1.64. The van der Waals surface area contributed by atoms with E-state index in [1.807, 2.05) is 0 Å². The molecule has 0 bridgehead atoms. The molecule has 2 fully saturated rings. The first-order chi connectivity index (χ1) is 11.5. The van der Waals surface area contributed by atoms with Crippen LogP contribution in [0.1, 0.15) is 47.6 Å². The monoisotopic (exact) mass is 370 g/mol. The lowest BCUT2D eigenvalue weighted by Gasteiger charge is -2.35. The van der Waals surface area contributed by atoms with Gasteiger partial charge in [0.15, 0.2) is 11.4 Å². The summed E-state index contributed by atoms with van der Waals surface area (Å²) in [4.78, 5) is 24.9. The lowest BCUT2D eigenvalue weighted by molar-refractivity contribution is -0.157. The van der Waals surface area contributed by atoms with Gasteiger partial charge in [-0.2, -0.15) is 0 Å². The Hall–Kier alpha value is -1.10. The van der Waals surface area contributed by atoms with Crippen LogP contribution in [0.15, 0.2) is 24.3 Å². The summed E-state index contributed by atoms with van der Waals surface area (Å²) in [5.74, 6) is -1.39. The quantitative estimate of drug-likeness (QED) is 0.457. The number of halogens is 2. The van der Waals surface area contributed by atoms with E-state index < -0.39 is 22.3 Å². The molecule has 0 aromatic heterocycles. The molecular formula is C18H20Cl2O4. The normalized spacial score (nSPS) is 30.2. The molecule has 2 aliphatic rings. The highest BCUT2D eigenvalue weighted by molar-refractivity contribution is 6.44. The van der Waals surface area contributed by atoms with Crippen LogP contribution >= 0.6 is 23.2 Å². The molecule has 4 nitrogen and oxygen atoms in total. The topological polar surface area (TPSA) is 52.6 Å². The molecule has 1 aromatic carbocycles. The van der Waals surface area contributed by atoms with E-state index in [4.69, 9.17) is 32.7 Å². The van der Waals surface area contributed by atoms with Gasteiger partial charge in [-0.15, -0.1) is 23.2 Å². The van der Waals surface area contributed by atoms with Crippen molar-refractivity contribution >= 4 is 35.0 Å². The number of carbonyl (C=O) groups is 2. The van der Waals surface area contributed by atoms with Crippen LogP contribution in [0.2, 0.25) is 0 Å². The second-order valence-electron chi connectivity index (χ2n) is 6.56. The maximum Gasteiger partial charge on any atom is 0.322 e. The average molecular weight is 371 g/mol. The van der Waals surface area contributed by atoms with Crippen molar-refractivity contribution in [3.8, 4) is 0 Å². The maximum absolute atomic E-state index is 13.1. The zero-order valence-corrected chi connectivity index (χ0v) is 15.0. The molecule has 1 spiro atoms. The lowest BCUT2D eigenvalue weighted by atomic mass is 9.73. The van der Waals surface area contributed by atoms with Crippen molar-refractivity contribution in [1.82, 2.24) is 0 Å². The van der Waals surface area contributed by atoms with Gasteiger partial charge in [0.2, 0.25) is 0 Å². The van der Waals surface area contributed by atoms with E-state index in [2.05, 4.69) is 0 Å². The Morgan fingerprint density at radius 3 is 2.79 bits per heavy atom. The summed E-state index contributed by atoms with van der Waals surface area (Å²) in [6, 6.07) is 7.02. The lowest BCUT2D eigenvalue weighted by Crippen LogP contribution is -2.43. The van der Waals surface area contributed by atoms with Crippen molar-refractivity contribution in [3.63, 3.8) is 0 Å². The molecule has 1 aromatic rings. The van der Waals surface area contributed by atoms with E-state index in [1.54, 1.807) is 31.4 Å². The third-order valence-corrected chi connectivity index (χ3v) is 5.47. The van der Waals surface area contributed by atoms with Gasteiger partial charge in [0, 0.05) is 13.7 Å². The fourth-order valence-corrected chi connectivity index (χ4v) is 4.35. The minimum absolute atomic E-state index is 0.172. The number of alkyl halides is 2. The number of carbonyl (C=O) groups excluding carboxylic acids is 2. The molecular weight excluding hydrogens is 351 g/mol. The number of benzene rings is 1. The predicted molar refractivity (Wildman–Crippen MR) is 91.3 cm³/mol. The molecule has 1 aliphatic carbocycles. The highest BCUT2D eigenvalue weighted by atomic mass is 35.5. The summed E-state index contributed by atoms with van der Waals surface area (Å²) in [6.07, 6.45) is 2.92. The van der Waals surface area contributed by atoms with Crippen LogP contribution in [0, 0.1) is 5.92 Å². The number of hydrogen-bond acceptors (Lipinski definition) is 4. The van der Waals surface area contributed by atoms with Gasteiger partial charge >= 0.3 is 5.97 Å². The van der Waals surface area contributed by atoms with Crippen LogP contribution in [0.3, 0.4) is 0 Å². The van der Waals surface area contributed by atoms with Gasteiger partial charge in [0.05, 0.1) is 0 Å². The fourth-order valence-electron chi connectivity index (χ4n) is 3.95. The molecule has 130 valence electrons. The first-order valence-electron chi connectivity index (χ1n) is 8.11. The van der Waals surface area contributed by atoms with Crippen molar-refractivity contribution in [2.45, 2.75) is 42.0 Å². The number of hydrogen-bond donors (Lipinski definition) is 0. The Kier molecular flexibility index (Phi) is 5.19. The Morgan fingerprint density at radius 2 is 2.08 bits per heavy atom. The van der Waals surface area contributed by atoms with Crippen LogP contribution in [-0.4, -0.2) is 31.1 Å². The van der Waals surface area contributed by atoms with E-state index in [0.717, 1.165) is 12.8 Å². The molecule has 3 rings (SSSR count). The third-order valence-electron chi connectivity index (χ3n) is 5.00. The summed E-state index contributed by atoms with van der Waals surface area (Å²) in [6.45, 7) is 0.569. The van der Waals surface area contributed by atoms with Crippen molar-refractivity contribution in [3.05, 3.63) is 35.4 Å². The van der Waals surface area contributed by atoms with Crippen molar-refractivity contribution in [2.24, 2.45) is 5.92 Å². The second-order valence-corrected chi connectivity index (χ2v) is 7.66. The van der Waals surface area contributed by atoms with Gasteiger partial charge < -0.3 is 9.47 Å². The molecule has 3 unspecified atom stereocenters. The molecule has 1 saturated heterocycles. The van der Waals surface area contributed by atoms with Gasteiger partial charge in [-0.3, -0.25) is 9.59 Å². The van der Waals surface area contributed by atoms with Crippen LogP contribution in [0.25, 0.3) is 0 Å². The van der Waals surface area contributed by atoms with E-state index >= 15 is 0 Å². The zero-order chi connectivity index (χ0) is 17.3. The minimum atomic E-state index is -1.02. The molecule has 1 saturated carbocycles. The van der Waals surface area contributed by atoms with Gasteiger partial charge in [0.25, 0.3) is 0 Å². The van der Waals surface area contributed by atoms with Crippen LogP contribution in [0.4, 0.5) is 0 Å². The van der Waals surface area contributed by atoms with E-state index in [9.17, 15) is 9.59 Å². The number of methoxy groups -OCH3 is 1. The first-order valence-corrected chi connectivity index (χ1v) is 8.99. The Balaban J connectivity index is 1.93. The standard InChI is InChI=1S/C18H20Cl2O4/c1-23-10-11-5-4-8-18(9-11)15(21)14(17(22)24-18)12-6-2-3-7-13(12)16(19)20/h2-3,6-7,11,14,16H,4-5,8-10H2,1H3. The Morgan fingerprint density at radius 1 is 1.33 bits per heavy atom. The van der Waals surface area contributed by atoms with Crippen molar-refractivity contribution in [1.29, 1.82) is 0 Å². The Labute approximate surface area is 151 Å². The number of ether oxygens (including phenoxy) is 2. The molecule has 0 amide bonds. The van der Waals surface area contributed by atoms with Gasteiger partial charge in [-0.25, -0.2) is 0 Å². The highest BCUT2D eigenvalue weighted by Gasteiger charge is 2.57. The van der Waals surface area contributed by atoms with Gasteiger partial charge in [0.1, 0.15) is 10.8 Å². The second kappa shape index (κ2) is 7.03. The predicted octanol–water partition coefficient (Wildman–Crippen LogP) is 3.95. The third kappa shape index (κ3) is 3.07. The fraction of sp³-hybridized carbons (Fsp3) is 0.556. The van der Waals surface area contributed by atoms with Crippen LogP contribution in [-0.2, 0) is 19.1 Å². The molecule has 1 aliphatic heterocycles. The van der Waals surface area contributed by atoms with E-state index in [0.29, 0.717) is 30.6 Å². The number of ketones is 1. The van der Waals surface area contributed by atoms with Crippen molar-refractivity contribution in [2.75, 3.05) is 13.7 Å². The van der Waals surface area contributed by atoms with Crippen LogP contribution < -0.4 is 0 Å². The first kappa shape index (κ1) is 17.7. The summed E-state index contributed by atoms with van der Waals surface area (Å²) in [5, 5.41) is 0. The average Bonchev–Trinajstić information content (AvgIpc) is 2.78. The summed E-state index contributed by atoms with van der Waals surface area (Å²) >= 11 is 12.0. The number of rotatable bonds is 4. The molecule has 0 radical (unpaired) electrons. The van der Waals surface area contributed by atoms with E-state index in [-0.39, 0.29) is 11.7 Å². The maximum atomic E-state index is 13.1. The Bertz CT molecular complexity index is 644. The van der Waals surface area contributed by atoms with Crippen molar-refractivity contribution < 1.29 is 19.1 Å². The molecule has 0 N–H and O–H groups in total. The number of esters is 1. The largest absolute Gasteiger partial charge is 0.450 e. The molecule has 24 heavy (non-hydrogen) atoms. The minimum Gasteiger partial charge on any atom is -0.450 e. The molecule has 6 heteroatoms. The molecule has 3 atom stereocenters. The summed E-state index contributed by atoms with van der Waals surface area (Å²) < 4.78 is 10.9. The summed E-state index contributed by atoms with van der Waals surface area (Å²) in [5.41, 5.74) is 0.107. The zero-order valence-electron chi connectivity index (χ0n) is 13.5. The SMILES string of the molecule is COCC1CCCC2(C1)OC(=O)C(c1ccccc1C(Cl)Cl)C2=O. The highest BCUT2D eigenvalue weighted by Crippen LogP contribution is 2.46. The van der Waals surface area contributed by atoms with Gasteiger partial charge in [-0.05, 0) is 42.7 Å². The smallest absolute Gasteiger partial charge is 0.322 e.